The molecule has 0 heterocycles. The summed E-state index contributed by atoms with van der Waals surface area (Å²) in [5.74, 6) is -3.38. The minimum absolute atomic E-state index is 0.0284. The average molecular weight is 379 g/mol. The summed E-state index contributed by atoms with van der Waals surface area (Å²) < 4.78 is 26.8. The Bertz CT molecular complexity index is 781. The fourth-order valence-electron chi connectivity index (χ4n) is 2.52. The van der Waals surface area contributed by atoms with Crippen LogP contribution in [0.15, 0.2) is 47.4 Å². The lowest BCUT2D eigenvalue weighted by Gasteiger charge is -2.18. The number of amides is 1. The molecular formula is C19H19F2NO3S. The van der Waals surface area contributed by atoms with E-state index in [9.17, 15) is 18.4 Å². The molecule has 138 valence electrons. The van der Waals surface area contributed by atoms with Gasteiger partial charge in [0.25, 0.3) is 0 Å². The summed E-state index contributed by atoms with van der Waals surface area (Å²) in [6, 6.07) is 10.4. The van der Waals surface area contributed by atoms with Crippen molar-refractivity contribution < 1.29 is 23.5 Å². The van der Waals surface area contributed by atoms with Crippen molar-refractivity contribution in [3.8, 4) is 0 Å². The Balaban J connectivity index is 2.03. The van der Waals surface area contributed by atoms with E-state index in [2.05, 4.69) is 5.32 Å². The molecule has 7 heteroatoms. The number of rotatable bonds is 8. The van der Waals surface area contributed by atoms with Gasteiger partial charge in [0.1, 0.15) is 0 Å². The molecule has 0 aromatic heterocycles. The van der Waals surface area contributed by atoms with E-state index in [1.807, 2.05) is 18.4 Å². The summed E-state index contributed by atoms with van der Waals surface area (Å²) in [5, 5.41) is 11.8. The molecule has 1 amide bonds. The smallest absolute Gasteiger partial charge is 0.305 e. The standard InChI is InChI=1S/C19H19F2NO3S/c1-26-14-8-5-12(6-9-14)16(11-18(24)25)22-17(23)10-7-13-3-2-4-15(20)19(13)21/h2-6,8-9,16H,7,10-11H2,1H3,(H,22,23)(H,24,25). The number of thioether (sulfide) groups is 1. The van der Waals surface area contributed by atoms with Gasteiger partial charge in [-0.1, -0.05) is 24.3 Å². The molecule has 0 bridgehead atoms. The van der Waals surface area contributed by atoms with Gasteiger partial charge in [0.05, 0.1) is 12.5 Å². The minimum atomic E-state index is -1.04. The monoisotopic (exact) mass is 379 g/mol. The summed E-state index contributed by atoms with van der Waals surface area (Å²) in [4.78, 5) is 24.3. The highest BCUT2D eigenvalue weighted by Gasteiger charge is 2.18. The number of carbonyl (C=O) groups is 2. The van der Waals surface area contributed by atoms with Gasteiger partial charge in [-0.3, -0.25) is 9.59 Å². The molecule has 0 fully saturated rings. The molecule has 0 aliphatic carbocycles. The third-order valence-corrected chi connectivity index (χ3v) is 4.63. The summed E-state index contributed by atoms with van der Waals surface area (Å²) in [7, 11) is 0. The maximum Gasteiger partial charge on any atom is 0.305 e. The van der Waals surface area contributed by atoms with Crippen molar-refractivity contribution in [3.63, 3.8) is 0 Å². The van der Waals surface area contributed by atoms with Crippen LogP contribution >= 0.6 is 11.8 Å². The molecule has 2 aromatic rings. The average Bonchev–Trinajstić information content (AvgIpc) is 2.62. The zero-order valence-electron chi connectivity index (χ0n) is 14.2. The first-order valence-corrected chi connectivity index (χ1v) is 9.21. The van der Waals surface area contributed by atoms with Gasteiger partial charge in [-0.15, -0.1) is 11.8 Å². The summed E-state index contributed by atoms with van der Waals surface area (Å²) >= 11 is 1.56. The van der Waals surface area contributed by atoms with E-state index in [4.69, 9.17) is 5.11 Å². The van der Waals surface area contributed by atoms with Crippen molar-refractivity contribution in [1.29, 1.82) is 0 Å². The quantitative estimate of drug-likeness (QED) is 0.682. The Morgan fingerprint density at radius 1 is 1.15 bits per heavy atom. The zero-order valence-corrected chi connectivity index (χ0v) is 15.0. The van der Waals surface area contributed by atoms with Crippen LogP contribution in [0.4, 0.5) is 8.78 Å². The molecule has 0 radical (unpaired) electrons. The van der Waals surface area contributed by atoms with Gasteiger partial charge in [-0.25, -0.2) is 8.78 Å². The molecule has 2 rings (SSSR count). The molecule has 26 heavy (non-hydrogen) atoms. The molecule has 1 unspecified atom stereocenters. The first kappa shape index (κ1) is 19.9. The predicted molar refractivity (Wildman–Crippen MR) is 96.0 cm³/mol. The van der Waals surface area contributed by atoms with Gasteiger partial charge in [-0.05, 0) is 42.0 Å². The van der Waals surface area contributed by atoms with Crippen LogP contribution in [-0.4, -0.2) is 23.2 Å². The molecule has 0 aliphatic heterocycles. The summed E-state index contributed by atoms with van der Waals surface area (Å²) in [5.41, 5.74) is 0.787. The number of aliphatic carboxylic acids is 1. The van der Waals surface area contributed by atoms with Crippen LogP contribution < -0.4 is 5.32 Å². The molecule has 2 aromatic carbocycles. The van der Waals surface area contributed by atoms with Crippen molar-refractivity contribution in [3.05, 3.63) is 65.2 Å². The van der Waals surface area contributed by atoms with Gasteiger partial charge in [0.15, 0.2) is 11.6 Å². The third kappa shape index (κ3) is 5.56. The maximum absolute atomic E-state index is 13.6. The Morgan fingerprint density at radius 2 is 1.85 bits per heavy atom. The van der Waals surface area contributed by atoms with Crippen molar-refractivity contribution in [2.75, 3.05) is 6.26 Å². The Labute approximate surface area is 154 Å². The predicted octanol–water partition coefficient (Wildman–Crippen LogP) is 3.95. The highest BCUT2D eigenvalue weighted by Crippen LogP contribution is 2.22. The Kier molecular flexibility index (Phi) is 7.15. The van der Waals surface area contributed by atoms with Gasteiger partial charge >= 0.3 is 5.97 Å². The van der Waals surface area contributed by atoms with Gasteiger partial charge in [0.2, 0.25) is 5.91 Å². The number of aryl methyl sites for hydroxylation is 1. The van der Waals surface area contributed by atoms with Gasteiger partial charge < -0.3 is 10.4 Å². The highest BCUT2D eigenvalue weighted by atomic mass is 32.2. The maximum atomic E-state index is 13.6. The lowest BCUT2D eigenvalue weighted by molar-refractivity contribution is -0.137. The van der Waals surface area contributed by atoms with Crippen LogP contribution in [0.25, 0.3) is 0 Å². The minimum Gasteiger partial charge on any atom is -0.481 e. The van der Waals surface area contributed by atoms with Crippen LogP contribution in [0.5, 0.6) is 0 Å². The number of carbonyl (C=O) groups excluding carboxylic acids is 1. The molecule has 1 atom stereocenters. The summed E-state index contributed by atoms with van der Waals surface area (Å²) in [6.07, 6.45) is 1.62. The second-order valence-electron chi connectivity index (χ2n) is 5.70. The number of nitrogens with one attached hydrogen (secondary N) is 1. The largest absolute Gasteiger partial charge is 0.481 e. The van der Waals surface area contributed by atoms with Crippen molar-refractivity contribution in [2.24, 2.45) is 0 Å². The normalized spacial score (nSPS) is 11.8. The van der Waals surface area contributed by atoms with Crippen LogP contribution in [0.1, 0.15) is 30.0 Å². The SMILES string of the molecule is CSc1ccc(C(CC(=O)O)NC(=O)CCc2cccc(F)c2F)cc1. The topological polar surface area (TPSA) is 66.4 Å². The molecule has 4 nitrogen and oxygen atoms in total. The second kappa shape index (κ2) is 9.33. The number of carboxylic acids is 1. The van der Waals surface area contributed by atoms with E-state index in [0.717, 1.165) is 11.0 Å². The summed E-state index contributed by atoms with van der Waals surface area (Å²) in [6.45, 7) is 0. The Hall–Kier alpha value is -2.41. The Morgan fingerprint density at radius 3 is 2.46 bits per heavy atom. The highest BCUT2D eigenvalue weighted by molar-refractivity contribution is 7.98. The number of benzene rings is 2. The number of hydrogen-bond acceptors (Lipinski definition) is 3. The van der Waals surface area contributed by atoms with E-state index >= 15 is 0 Å². The molecule has 0 saturated carbocycles. The molecule has 0 aliphatic rings. The second-order valence-corrected chi connectivity index (χ2v) is 6.58. The van der Waals surface area contributed by atoms with Crippen LogP contribution in [0.2, 0.25) is 0 Å². The van der Waals surface area contributed by atoms with Crippen molar-refractivity contribution >= 4 is 23.6 Å². The van der Waals surface area contributed by atoms with E-state index in [1.165, 1.54) is 12.1 Å². The number of carboxylic acid groups (broad SMARTS) is 1. The first-order chi connectivity index (χ1) is 12.4. The van der Waals surface area contributed by atoms with Crippen molar-refractivity contribution in [2.45, 2.75) is 30.2 Å². The number of halogens is 2. The van der Waals surface area contributed by atoms with Crippen LogP contribution in [0, 0.1) is 11.6 Å². The van der Waals surface area contributed by atoms with Crippen molar-refractivity contribution in [1.82, 2.24) is 5.32 Å². The van der Waals surface area contributed by atoms with Gasteiger partial charge in [-0.2, -0.15) is 0 Å². The lowest BCUT2D eigenvalue weighted by atomic mass is 10.0. The van der Waals surface area contributed by atoms with E-state index < -0.39 is 29.6 Å². The fourth-order valence-corrected chi connectivity index (χ4v) is 2.93. The molecule has 2 N–H and O–H groups in total. The first-order valence-electron chi connectivity index (χ1n) is 7.98. The van der Waals surface area contributed by atoms with Gasteiger partial charge in [0, 0.05) is 11.3 Å². The van der Waals surface area contributed by atoms with E-state index in [1.54, 1.807) is 23.9 Å². The van der Waals surface area contributed by atoms with E-state index in [0.29, 0.717) is 5.56 Å². The molecule has 0 spiro atoms. The van der Waals surface area contributed by atoms with Crippen LogP contribution in [-0.2, 0) is 16.0 Å². The molecular weight excluding hydrogens is 360 g/mol. The fraction of sp³-hybridized carbons (Fsp3) is 0.263. The van der Waals surface area contributed by atoms with E-state index in [-0.39, 0.29) is 24.8 Å². The zero-order chi connectivity index (χ0) is 19.1. The number of hydrogen-bond donors (Lipinski definition) is 2. The lowest BCUT2D eigenvalue weighted by Crippen LogP contribution is -2.30. The van der Waals surface area contributed by atoms with Crippen LogP contribution in [0.3, 0.4) is 0 Å². The third-order valence-electron chi connectivity index (χ3n) is 3.89. The molecule has 0 saturated heterocycles.